The predicted molar refractivity (Wildman–Crippen MR) is 204 cm³/mol. The molecule has 3 N–H and O–H groups in total. The van der Waals surface area contributed by atoms with Crippen LogP contribution in [0.15, 0.2) is 89.9 Å². The van der Waals surface area contributed by atoms with Gasteiger partial charge < -0.3 is 25.6 Å². The van der Waals surface area contributed by atoms with Crippen LogP contribution >= 0.6 is 0 Å². The van der Waals surface area contributed by atoms with Crippen LogP contribution in [0.25, 0.3) is 0 Å². The molecular weight excluding hydrogens is 651 g/mol. The lowest BCUT2D eigenvalue weighted by Gasteiger charge is -2.53. The number of rotatable bonds is 12. The number of nitrogens with one attached hydrogen (secondary N) is 3. The van der Waals surface area contributed by atoms with Gasteiger partial charge >= 0.3 is 6.09 Å². The van der Waals surface area contributed by atoms with Crippen molar-refractivity contribution in [1.82, 2.24) is 16.0 Å². The Labute approximate surface area is 308 Å². The summed E-state index contributed by atoms with van der Waals surface area (Å²) in [5, 5.41) is 9.32. The van der Waals surface area contributed by atoms with Gasteiger partial charge in [-0.3, -0.25) is 14.6 Å². The Morgan fingerprint density at radius 3 is 2.19 bits per heavy atom. The zero-order valence-corrected chi connectivity index (χ0v) is 30.7. The van der Waals surface area contributed by atoms with Crippen molar-refractivity contribution in [1.29, 1.82) is 0 Å². The number of aliphatic imine (C=N–C) groups is 1. The summed E-state index contributed by atoms with van der Waals surface area (Å²) in [6.07, 6.45) is 6.57. The van der Waals surface area contributed by atoms with Crippen molar-refractivity contribution >= 4 is 29.3 Å². The number of anilines is 1. The van der Waals surface area contributed by atoms with E-state index in [1.807, 2.05) is 74.6 Å². The van der Waals surface area contributed by atoms with Gasteiger partial charge in [0.15, 0.2) is 0 Å². The van der Waals surface area contributed by atoms with E-state index in [4.69, 9.17) is 9.73 Å². The molecule has 274 valence electrons. The summed E-state index contributed by atoms with van der Waals surface area (Å²) in [6, 6.07) is 27.4. The van der Waals surface area contributed by atoms with Gasteiger partial charge in [-0.1, -0.05) is 85.8 Å². The van der Waals surface area contributed by atoms with Gasteiger partial charge in [-0.25, -0.2) is 4.79 Å². The topological polar surface area (TPSA) is 112 Å². The number of fused-ring (bicyclic) bond motifs is 1. The van der Waals surface area contributed by atoms with E-state index in [0.29, 0.717) is 24.8 Å². The molecule has 3 aromatic rings. The SMILES string of the molecule is CCCC(=O)NC(CNC(=O)C(C)(CC1CN=C(c2ccccc2)c2ccccc2N1C)NC(=O)OC1C2CC3CC(C2)CC1C3)c1ccccc1. The molecule has 0 aromatic heterocycles. The number of carbonyl (C=O) groups excluding carboxylic acids is 3. The molecule has 52 heavy (non-hydrogen) atoms. The number of hydrogen-bond donors (Lipinski definition) is 3. The highest BCUT2D eigenvalue weighted by molar-refractivity contribution is 6.16. The lowest BCUT2D eigenvalue weighted by Crippen LogP contribution is -2.61. The van der Waals surface area contributed by atoms with Crippen LogP contribution in [-0.4, -0.2) is 61.4 Å². The molecular formula is C43H53N5O4. The van der Waals surface area contributed by atoms with Gasteiger partial charge in [-0.2, -0.15) is 0 Å². The Morgan fingerprint density at radius 1 is 0.885 bits per heavy atom. The predicted octanol–water partition coefficient (Wildman–Crippen LogP) is 6.82. The summed E-state index contributed by atoms with van der Waals surface area (Å²) in [5.41, 5.74) is 3.50. The van der Waals surface area contributed by atoms with Gasteiger partial charge in [0.1, 0.15) is 11.6 Å². The highest BCUT2D eigenvalue weighted by Crippen LogP contribution is 2.54. The molecule has 1 heterocycles. The molecule has 9 nitrogen and oxygen atoms in total. The number of hydrogen-bond acceptors (Lipinski definition) is 6. The third-order valence-electron chi connectivity index (χ3n) is 12.0. The standard InChI is InChI=1S/C43H53N5O4/c1-4-13-38(49)46-36(30-14-7-5-8-15-30)27-45-41(50)43(2,47-42(51)52-40-32-21-28-20-29(23-32)24-33(40)22-28)25-34-26-44-39(31-16-9-6-10-17-31)35-18-11-12-19-37(35)48(34)3/h5-12,14-19,28-29,32-34,36,40H,4,13,20-27H2,1-3H3,(H,45,50)(H,46,49)(H,47,51). The largest absolute Gasteiger partial charge is 0.446 e. The monoisotopic (exact) mass is 703 g/mol. The van der Waals surface area contributed by atoms with Crippen LogP contribution in [0.5, 0.6) is 0 Å². The second-order valence-corrected chi connectivity index (χ2v) is 15.8. The minimum atomic E-state index is -1.35. The van der Waals surface area contributed by atoms with Gasteiger partial charge in [0.05, 0.1) is 24.3 Å². The molecule has 4 aliphatic carbocycles. The van der Waals surface area contributed by atoms with E-state index < -0.39 is 17.7 Å². The Bertz CT molecular complexity index is 1740. The lowest BCUT2D eigenvalue weighted by atomic mass is 9.55. The third-order valence-corrected chi connectivity index (χ3v) is 12.0. The van der Waals surface area contributed by atoms with Crippen LogP contribution in [-0.2, 0) is 14.3 Å². The fourth-order valence-corrected chi connectivity index (χ4v) is 9.57. The van der Waals surface area contributed by atoms with Gasteiger partial charge in [0, 0.05) is 43.2 Å². The average molecular weight is 704 g/mol. The summed E-state index contributed by atoms with van der Waals surface area (Å²) in [6.45, 7) is 4.35. The number of benzodiazepines with no additional fused rings is 1. The molecule has 0 spiro atoms. The average Bonchev–Trinajstić information content (AvgIpc) is 3.27. The minimum Gasteiger partial charge on any atom is -0.446 e. The number of amides is 3. The summed E-state index contributed by atoms with van der Waals surface area (Å²) in [5.74, 6) is 1.90. The van der Waals surface area contributed by atoms with E-state index in [9.17, 15) is 14.4 Å². The zero-order chi connectivity index (χ0) is 36.2. The van der Waals surface area contributed by atoms with E-state index >= 15 is 0 Å². The normalized spacial score (nSPS) is 26.2. The van der Waals surface area contributed by atoms with Gasteiger partial charge in [0.25, 0.3) is 0 Å². The van der Waals surface area contributed by atoms with Crippen LogP contribution < -0.4 is 20.9 Å². The first-order valence-corrected chi connectivity index (χ1v) is 19.2. The molecule has 8 rings (SSSR count). The number of nitrogens with zero attached hydrogens (tertiary/aromatic N) is 2. The van der Waals surface area contributed by atoms with Gasteiger partial charge in [-0.05, 0) is 80.8 Å². The molecule has 4 fully saturated rings. The number of alkyl carbamates (subject to hydrolysis) is 1. The molecule has 3 amide bonds. The maximum atomic E-state index is 14.5. The maximum absolute atomic E-state index is 14.5. The number of carbonyl (C=O) groups is 3. The van der Waals surface area contributed by atoms with E-state index in [1.165, 1.54) is 6.42 Å². The fraction of sp³-hybridized carbons (Fsp3) is 0.488. The number of likely N-dealkylation sites (N-methyl/N-ethyl adjacent to an activating group) is 1. The van der Waals surface area contributed by atoms with E-state index in [-0.39, 0.29) is 36.9 Å². The van der Waals surface area contributed by atoms with E-state index in [1.54, 1.807) is 6.92 Å². The maximum Gasteiger partial charge on any atom is 0.408 e. The Morgan fingerprint density at radius 2 is 1.52 bits per heavy atom. The van der Waals surface area contributed by atoms with E-state index in [2.05, 4.69) is 45.1 Å². The van der Waals surface area contributed by atoms with Crippen LogP contribution in [0.1, 0.15) is 87.9 Å². The van der Waals surface area contributed by atoms with Gasteiger partial charge in [0.2, 0.25) is 11.8 Å². The molecule has 3 atom stereocenters. The summed E-state index contributed by atoms with van der Waals surface area (Å²) in [7, 11) is 2.03. The minimum absolute atomic E-state index is 0.0726. The zero-order valence-electron chi connectivity index (χ0n) is 30.7. The quantitative estimate of drug-likeness (QED) is 0.192. The summed E-state index contributed by atoms with van der Waals surface area (Å²) >= 11 is 0. The van der Waals surface area contributed by atoms with Crippen LogP contribution in [0.2, 0.25) is 0 Å². The second-order valence-electron chi connectivity index (χ2n) is 15.8. The molecule has 3 unspecified atom stereocenters. The number of benzene rings is 3. The molecule has 0 radical (unpaired) electrons. The summed E-state index contributed by atoms with van der Waals surface area (Å²) in [4.78, 5) is 48.6. The first-order chi connectivity index (χ1) is 25.2. The van der Waals surface area contributed by atoms with E-state index in [0.717, 1.165) is 72.0 Å². The third kappa shape index (κ3) is 7.74. The Balaban J connectivity index is 1.15. The van der Waals surface area contributed by atoms with Crippen molar-refractivity contribution in [2.75, 3.05) is 25.0 Å². The highest BCUT2D eigenvalue weighted by Gasteiger charge is 2.50. The molecule has 1 aliphatic heterocycles. The molecule has 4 bridgehead atoms. The first-order valence-electron chi connectivity index (χ1n) is 19.2. The molecule has 3 aromatic carbocycles. The van der Waals surface area contributed by atoms with Crippen LogP contribution in [0.4, 0.5) is 10.5 Å². The smallest absolute Gasteiger partial charge is 0.408 e. The Hall–Kier alpha value is -4.66. The van der Waals surface area contributed by atoms with Crippen molar-refractivity contribution in [3.63, 3.8) is 0 Å². The Kier molecular flexibility index (Phi) is 10.7. The first kappa shape index (κ1) is 35.7. The lowest BCUT2D eigenvalue weighted by molar-refractivity contribution is -0.129. The van der Waals surface area contributed by atoms with Crippen molar-refractivity contribution in [2.24, 2.45) is 28.7 Å². The number of para-hydroxylation sites is 1. The van der Waals surface area contributed by atoms with Crippen molar-refractivity contribution in [3.05, 3.63) is 102 Å². The molecule has 5 aliphatic rings. The highest BCUT2D eigenvalue weighted by atomic mass is 16.6. The molecule has 9 heteroatoms. The van der Waals surface area contributed by atoms with Crippen LogP contribution in [0.3, 0.4) is 0 Å². The fourth-order valence-electron chi connectivity index (χ4n) is 9.57. The van der Waals surface area contributed by atoms with Crippen molar-refractivity contribution < 1.29 is 19.1 Å². The van der Waals surface area contributed by atoms with Gasteiger partial charge in [-0.15, -0.1) is 0 Å². The van der Waals surface area contributed by atoms with Crippen molar-refractivity contribution in [2.45, 2.75) is 88.9 Å². The van der Waals surface area contributed by atoms with Crippen LogP contribution in [0, 0.1) is 23.7 Å². The summed E-state index contributed by atoms with van der Waals surface area (Å²) < 4.78 is 6.29. The number of ether oxygens (including phenoxy) is 1. The molecule has 0 saturated heterocycles. The second kappa shape index (κ2) is 15.5. The van der Waals surface area contributed by atoms with Crippen molar-refractivity contribution in [3.8, 4) is 0 Å². The molecule has 4 saturated carbocycles.